The molecule has 0 radical (unpaired) electrons. The Bertz CT molecular complexity index is 2730. The van der Waals surface area contributed by atoms with Crippen LogP contribution in [0.2, 0.25) is 0 Å². The second kappa shape index (κ2) is 18.4. The van der Waals surface area contributed by atoms with Crippen molar-refractivity contribution in [1.29, 1.82) is 10.5 Å². The molecule has 1 aliphatic carbocycles. The minimum Gasteiger partial charge on any atom is -0.459 e. The molecule has 0 spiro atoms. The lowest BCUT2D eigenvalue weighted by Gasteiger charge is -2.54. The Hall–Kier alpha value is -6.15. The van der Waals surface area contributed by atoms with Crippen molar-refractivity contribution >= 4 is 28.6 Å². The second-order valence-electron chi connectivity index (χ2n) is 21.5. The van der Waals surface area contributed by atoms with Crippen LogP contribution in [0.1, 0.15) is 134 Å². The number of aromatic amines is 1. The quantitative estimate of drug-likeness (QED) is 0.158. The molecule has 2 aromatic heterocycles. The van der Waals surface area contributed by atoms with Gasteiger partial charge in [0.25, 0.3) is 5.91 Å². The third-order valence-corrected chi connectivity index (χ3v) is 16.3. The molecule has 68 heavy (non-hydrogen) atoms. The van der Waals surface area contributed by atoms with Gasteiger partial charge in [-0.05, 0) is 132 Å². The van der Waals surface area contributed by atoms with Gasteiger partial charge in [-0.1, -0.05) is 48.5 Å². The Kier molecular flexibility index (Phi) is 12.3. The third-order valence-electron chi connectivity index (χ3n) is 16.3. The topological polar surface area (TPSA) is 164 Å². The number of benzene rings is 3. The van der Waals surface area contributed by atoms with E-state index in [2.05, 4.69) is 60.1 Å². The van der Waals surface area contributed by atoms with Gasteiger partial charge in [0.2, 0.25) is 0 Å². The van der Waals surface area contributed by atoms with Crippen LogP contribution in [0.3, 0.4) is 0 Å². The molecule has 9 aliphatic rings. The summed E-state index contributed by atoms with van der Waals surface area (Å²) in [5, 5.41) is 23.8. The van der Waals surface area contributed by atoms with Crippen LogP contribution in [0.25, 0.3) is 10.9 Å². The fraction of sp³-hybridized carbons (Fsp3) is 0.509. The number of para-hydroxylation sites is 1. The molecule has 1 N–H and O–H groups in total. The number of amides is 1. The number of ether oxygens (including phenoxy) is 1. The number of aromatic nitrogens is 4. The molecule has 1 amide bonds. The van der Waals surface area contributed by atoms with E-state index in [0.29, 0.717) is 54.4 Å². The van der Waals surface area contributed by atoms with Crippen molar-refractivity contribution in [3.05, 3.63) is 118 Å². The second-order valence-corrected chi connectivity index (χ2v) is 21.5. The highest BCUT2D eigenvalue weighted by Gasteiger charge is 2.49. The van der Waals surface area contributed by atoms with Crippen LogP contribution >= 0.6 is 0 Å². The van der Waals surface area contributed by atoms with Crippen LogP contribution in [0, 0.1) is 34.5 Å². The Morgan fingerprint density at radius 2 is 1.59 bits per heavy atom. The third kappa shape index (κ3) is 8.87. The molecule has 7 saturated heterocycles. The molecule has 352 valence electrons. The van der Waals surface area contributed by atoms with Crippen molar-refractivity contribution in [2.75, 3.05) is 32.7 Å². The highest BCUT2D eigenvalue weighted by atomic mass is 16.5. The Morgan fingerprint density at radius 1 is 0.868 bits per heavy atom. The Balaban J connectivity index is 0.000000119. The molecule has 7 atom stereocenters. The molecule has 6 bridgehead atoms. The van der Waals surface area contributed by atoms with E-state index < -0.39 is 10.8 Å². The summed E-state index contributed by atoms with van der Waals surface area (Å²) in [5.41, 5.74) is 7.01. The van der Waals surface area contributed by atoms with Crippen molar-refractivity contribution in [3.8, 4) is 12.1 Å². The van der Waals surface area contributed by atoms with Gasteiger partial charge in [0.15, 0.2) is 0 Å². The first-order valence-corrected chi connectivity index (χ1v) is 24.8. The number of nitrogens with zero attached hydrogens (tertiary/aromatic N) is 8. The van der Waals surface area contributed by atoms with Crippen LogP contribution in [0.5, 0.6) is 0 Å². The van der Waals surface area contributed by atoms with E-state index in [1.807, 2.05) is 70.2 Å². The maximum Gasteiger partial charge on any atom is 0.340 e. The summed E-state index contributed by atoms with van der Waals surface area (Å²) < 4.78 is 7.57. The van der Waals surface area contributed by atoms with Gasteiger partial charge in [-0.3, -0.25) is 14.5 Å². The number of H-pyrrole nitrogens is 1. The number of nitriles is 2. The summed E-state index contributed by atoms with van der Waals surface area (Å²) >= 11 is 0. The van der Waals surface area contributed by atoms with Crippen molar-refractivity contribution in [3.63, 3.8) is 0 Å². The zero-order valence-corrected chi connectivity index (χ0v) is 39.9. The zero-order valence-electron chi connectivity index (χ0n) is 39.9. The number of rotatable bonds is 7. The standard InChI is InChI=1S/C19H20N2O3.C19H24N2O.C17H19N5/c22-18-10-21-12-5-11(18)6-13(21)8-14(7-12)24-19(23)16-9-20-17-4-2-1-3-15(16)17;22-19-16-6-2-4-14-3-1-5-15(18(14)16)11-21(19)17-12-20-9-7-13(17)8-10-20;1-16(2,9-18)14-5-13(8-22-12-20-11-21-22)6-15(7-14)17(3,4)10-19/h1-4,9,11-14,20H,5-8,10H2;2,4,6,13,15,17H,1,3,5,7-12H2;5-7,11-12H,8H2,1-4H3/t11?,12-,13+,14?;15-,17-;/m.1./s1. The lowest BCUT2D eigenvalue weighted by molar-refractivity contribution is -0.145. The van der Waals surface area contributed by atoms with Gasteiger partial charge in [-0.15, -0.1) is 0 Å². The van der Waals surface area contributed by atoms with Gasteiger partial charge in [-0.25, -0.2) is 14.5 Å². The lowest BCUT2D eigenvalue weighted by atomic mass is 9.72. The minimum atomic E-state index is -0.612. The fourth-order valence-corrected chi connectivity index (χ4v) is 12.4. The summed E-state index contributed by atoms with van der Waals surface area (Å²) in [6.45, 7) is 13.2. The summed E-state index contributed by atoms with van der Waals surface area (Å²) in [6, 6.07) is 26.1. The fourth-order valence-electron chi connectivity index (χ4n) is 12.4. The SMILES string of the molecule is CC(C)(C#N)c1cc(Cn2cncn2)cc(C(C)(C)C#N)c1.O=C(OC1C[C@@H]2CC3C[C@H](C1)N2CC3=O)c1c[nH]c2ccccc12.O=C1c2cccc3c2[C@H](CCC3)CN1[C@@H]1CN2CCC1CC2. The monoisotopic (exact) mass is 914 g/mol. The number of esters is 1. The maximum atomic E-state index is 13.1. The number of Topliss-reactive ketones (excluding diaryl/α,β-unsaturated/α-hetero) is 1. The van der Waals surface area contributed by atoms with Crippen molar-refractivity contribution in [2.45, 2.75) is 133 Å². The minimum absolute atomic E-state index is 0.0356. The number of ketones is 1. The molecule has 3 unspecified atom stereocenters. The highest BCUT2D eigenvalue weighted by molar-refractivity contribution is 6.04. The molecular weight excluding hydrogens is 851 g/mol. The molecule has 14 rings (SSSR count). The van der Waals surface area contributed by atoms with E-state index in [4.69, 9.17) is 4.74 Å². The normalized spacial score (nSPS) is 27.7. The average Bonchev–Trinajstić information content (AvgIpc) is 4.04. The lowest BCUT2D eigenvalue weighted by Crippen LogP contribution is -2.63. The molecule has 5 aromatic rings. The van der Waals surface area contributed by atoms with Crippen LogP contribution < -0.4 is 0 Å². The Labute approximate surface area is 399 Å². The molecule has 10 heterocycles. The first-order chi connectivity index (χ1) is 32.8. The van der Waals surface area contributed by atoms with Gasteiger partial charge in [-0.2, -0.15) is 15.6 Å². The van der Waals surface area contributed by atoms with Crippen molar-refractivity contribution in [2.24, 2.45) is 11.8 Å². The van der Waals surface area contributed by atoms with Gasteiger partial charge in [0, 0.05) is 78.6 Å². The summed E-state index contributed by atoms with van der Waals surface area (Å²) in [4.78, 5) is 51.9. The number of nitrogens with one attached hydrogen (secondary N) is 1. The van der Waals surface area contributed by atoms with E-state index in [1.54, 1.807) is 17.2 Å². The van der Waals surface area contributed by atoms with Gasteiger partial charge in [0.1, 0.15) is 24.5 Å². The van der Waals surface area contributed by atoms with Crippen LogP contribution in [-0.2, 0) is 33.3 Å². The predicted octanol–water partition coefficient (Wildman–Crippen LogP) is 8.10. The summed E-state index contributed by atoms with van der Waals surface area (Å²) in [5.74, 6) is 2.05. The summed E-state index contributed by atoms with van der Waals surface area (Å²) in [6.07, 6.45) is 14.7. The number of carbonyl (C=O) groups excluding carboxylic acids is 3. The molecule has 3 aromatic carbocycles. The molecule has 8 aliphatic heterocycles. The first kappa shape index (κ1) is 45.6. The summed E-state index contributed by atoms with van der Waals surface area (Å²) in [7, 11) is 0. The van der Waals surface area contributed by atoms with Gasteiger partial charge in [0.05, 0.1) is 41.6 Å². The number of aryl methyl sites for hydroxylation is 1. The highest BCUT2D eigenvalue weighted by Crippen LogP contribution is 2.44. The van der Waals surface area contributed by atoms with Crippen LogP contribution in [-0.4, -0.2) is 109 Å². The maximum absolute atomic E-state index is 13.1. The molecule has 13 heteroatoms. The first-order valence-electron chi connectivity index (χ1n) is 24.8. The molecule has 0 saturated carbocycles. The van der Waals surface area contributed by atoms with E-state index in [-0.39, 0.29) is 18.0 Å². The number of carbonyl (C=O) groups is 3. The van der Waals surface area contributed by atoms with Gasteiger partial charge >= 0.3 is 5.97 Å². The van der Waals surface area contributed by atoms with Crippen molar-refractivity contribution in [1.82, 2.24) is 34.4 Å². The van der Waals surface area contributed by atoms with E-state index >= 15 is 0 Å². The van der Waals surface area contributed by atoms with E-state index in [9.17, 15) is 24.9 Å². The molecule has 13 nitrogen and oxygen atoms in total. The number of hydrogen-bond acceptors (Lipinski definition) is 10. The molecule has 7 fully saturated rings. The predicted molar refractivity (Wildman–Crippen MR) is 258 cm³/mol. The smallest absolute Gasteiger partial charge is 0.340 e. The molecular formula is C55H63N9O4. The zero-order chi connectivity index (χ0) is 47.3. The van der Waals surface area contributed by atoms with Crippen LogP contribution in [0.15, 0.2) is 79.5 Å². The number of fused-ring (bicyclic) bond motifs is 5. The van der Waals surface area contributed by atoms with Gasteiger partial charge < -0.3 is 19.5 Å². The average molecular weight is 914 g/mol. The Morgan fingerprint density at radius 3 is 2.24 bits per heavy atom. The number of hydrogen-bond donors (Lipinski definition) is 1. The van der Waals surface area contributed by atoms with Crippen molar-refractivity contribution < 1.29 is 19.1 Å². The largest absolute Gasteiger partial charge is 0.459 e. The van der Waals surface area contributed by atoms with E-state index in [0.717, 1.165) is 84.3 Å². The van der Waals surface area contributed by atoms with Crippen LogP contribution in [0.4, 0.5) is 0 Å². The van der Waals surface area contributed by atoms with E-state index in [1.165, 1.54) is 56.2 Å². The number of piperidine rings is 7.